The first-order valence-corrected chi connectivity index (χ1v) is 10.3. The normalized spacial score (nSPS) is 18.6. The Bertz CT molecular complexity index is 1380. The number of carbonyl (C=O) groups is 3. The lowest BCUT2D eigenvalue weighted by Crippen LogP contribution is -2.54. The molecule has 168 valence electrons. The number of rotatable bonds is 4. The quantitative estimate of drug-likeness (QED) is 0.447. The molecule has 2 aromatic heterocycles. The monoisotopic (exact) mass is 454 g/mol. The van der Waals surface area contributed by atoms with Crippen LogP contribution in [0.3, 0.4) is 0 Å². The minimum absolute atomic E-state index is 0.128. The molecule has 5 rings (SSSR count). The molecule has 3 aromatic rings. The highest BCUT2D eigenvalue weighted by molar-refractivity contribution is 6.10. The first-order chi connectivity index (χ1) is 16.5. The Labute approximate surface area is 194 Å². The van der Waals surface area contributed by atoms with Crippen molar-refractivity contribution in [1.29, 1.82) is 0 Å². The van der Waals surface area contributed by atoms with Crippen molar-refractivity contribution in [3.63, 3.8) is 0 Å². The highest BCUT2D eigenvalue weighted by Gasteiger charge is 2.48. The topological polar surface area (TPSA) is 126 Å². The van der Waals surface area contributed by atoms with Crippen LogP contribution in [0.15, 0.2) is 55.2 Å². The summed E-state index contributed by atoms with van der Waals surface area (Å²) in [5, 5.41) is 4.84. The van der Waals surface area contributed by atoms with Gasteiger partial charge in [0.25, 0.3) is 11.8 Å². The Hall–Kier alpha value is -4.78. The lowest BCUT2D eigenvalue weighted by molar-refractivity contribution is -0.122. The molecule has 0 bridgehead atoms. The smallest absolute Gasteiger partial charge is 0.323 e. The number of amides is 4. The van der Waals surface area contributed by atoms with Crippen molar-refractivity contribution in [2.24, 2.45) is 0 Å². The first kappa shape index (κ1) is 21.1. The fourth-order valence-corrected chi connectivity index (χ4v) is 3.94. The highest BCUT2D eigenvalue weighted by atomic mass is 16.5. The van der Waals surface area contributed by atoms with Crippen LogP contribution in [0.2, 0.25) is 0 Å². The van der Waals surface area contributed by atoms with E-state index in [9.17, 15) is 14.4 Å². The molecule has 10 heteroatoms. The molecule has 0 radical (unpaired) electrons. The van der Waals surface area contributed by atoms with E-state index in [1.165, 1.54) is 18.3 Å². The molecule has 4 heterocycles. The second-order valence-electron chi connectivity index (χ2n) is 7.77. The fraction of sp³-hybridized carbons (Fsp3) is 0.167. The Morgan fingerprint density at radius 3 is 2.74 bits per heavy atom. The number of hydrogen-bond donors (Lipinski definition) is 2. The van der Waals surface area contributed by atoms with E-state index < -0.39 is 17.5 Å². The van der Waals surface area contributed by atoms with Gasteiger partial charge >= 0.3 is 6.03 Å². The van der Waals surface area contributed by atoms with Gasteiger partial charge in [0.15, 0.2) is 0 Å². The molecule has 2 aliphatic rings. The summed E-state index contributed by atoms with van der Waals surface area (Å²) in [6, 6.07) is 8.02. The van der Waals surface area contributed by atoms with Gasteiger partial charge < -0.3 is 15.0 Å². The third-order valence-electron chi connectivity index (χ3n) is 5.62. The molecule has 0 aliphatic carbocycles. The van der Waals surface area contributed by atoms with Gasteiger partial charge in [0, 0.05) is 36.3 Å². The number of nitrogens with one attached hydrogen (secondary N) is 2. The van der Waals surface area contributed by atoms with Crippen molar-refractivity contribution < 1.29 is 19.1 Å². The summed E-state index contributed by atoms with van der Waals surface area (Å²) in [7, 11) is 1.52. The molecule has 0 unspecified atom stereocenters. The van der Waals surface area contributed by atoms with Crippen LogP contribution in [0.1, 0.15) is 21.5 Å². The molecule has 1 fully saturated rings. The van der Waals surface area contributed by atoms with E-state index >= 15 is 0 Å². The zero-order valence-electron chi connectivity index (χ0n) is 18.0. The number of methoxy groups -OCH3 is 1. The molecular weight excluding hydrogens is 436 g/mol. The summed E-state index contributed by atoms with van der Waals surface area (Å²) in [5.74, 6) is 5.54. The zero-order chi connectivity index (χ0) is 23.7. The predicted molar refractivity (Wildman–Crippen MR) is 119 cm³/mol. The molecule has 10 nitrogen and oxygen atoms in total. The lowest BCUT2D eigenvalue weighted by Gasteiger charge is -2.26. The Morgan fingerprint density at radius 1 is 1.18 bits per heavy atom. The van der Waals surface area contributed by atoms with E-state index in [-0.39, 0.29) is 19.0 Å². The van der Waals surface area contributed by atoms with E-state index in [1.807, 2.05) is 6.07 Å². The standard InChI is InChI=1S/C24H18N6O4/c1-34-18-5-4-16-12-30(21(31)19(16)9-18)13-24(22(32)28-23(33)29-24)7-6-15-3-2-8-27-20(15)17-10-25-14-26-11-17/h2-5,8-11,14H,12-13H2,1H3,(H2,28,29,32,33)/t24-/m1/s1. The predicted octanol–water partition coefficient (Wildman–Crippen LogP) is 1.13. The summed E-state index contributed by atoms with van der Waals surface area (Å²) in [6.07, 6.45) is 6.23. The second kappa shape index (κ2) is 8.29. The van der Waals surface area contributed by atoms with Crippen molar-refractivity contribution >= 4 is 17.8 Å². The third kappa shape index (κ3) is 3.69. The Balaban J connectivity index is 1.50. The van der Waals surface area contributed by atoms with E-state index in [0.29, 0.717) is 28.1 Å². The van der Waals surface area contributed by atoms with E-state index in [1.54, 1.807) is 42.9 Å². The molecule has 2 aliphatic heterocycles. The molecule has 4 amide bonds. The van der Waals surface area contributed by atoms with Gasteiger partial charge in [0.05, 0.1) is 24.9 Å². The summed E-state index contributed by atoms with van der Waals surface area (Å²) >= 11 is 0. The van der Waals surface area contributed by atoms with E-state index in [2.05, 4.69) is 37.4 Å². The maximum absolute atomic E-state index is 13.1. The number of aromatic nitrogens is 3. The van der Waals surface area contributed by atoms with Crippen LogP contribution >= 0.6 is 0 Å². The van der Waals surface area contributed by atoms with Gasteiger partial charge in [0.2, 0.25) is 5.54 Å². The van der Waals surface area contributed by atoms with Crippen LogP contribution in [0.25, 0.3) is 11.3 Å². The number of pyridine rings is 1. The summed E-state index contributed by atoms with van der Waals surface area (Å²) < 4.78 is 5.21. The average Bonchev–Trinajstić information content (AvgIpc) is 3.32. The third-order valence-corrected chi connectivity index (χ3v) is 5.62. The molecule has 0 saturated carbocycles. The number of imide groups is 1. The van der Waals surface area contributed by atoms with E-state index in [4.69, 9.17) is 4.74 Å². The van der Waals surface area contributed by atoms with Crippen molar-refractivity contribution in [3.05, 3.63) is 71.9 Å². The second-order valence-corrected chi connectivity index (χ2v) is 7.77. The van der Waals surface area contributed by atoms with Crippen molar-refractivity contribution in [3.8, 4) is 28.8 Å². The highest BCUT2D eigenvalue weighted by Crippen LogP contribution is 2.28. The maximum atomic E-state index is 13.1. The van der Waals surface area contributed by atoms with Crippen molar-refractivity contribution in [1.82, 2.24) is 30.5 Å². The average molecular weight is 454 g/mol. The molecule has 1 atom stereocenters. The van der Waals surface area contributed by atoms with Gasteiger partial charge in [-0.25, -0.2) is 14.8 Å². The summed E-state index contributed by atoms with van der Waals surface area (Å²) in [6.45, 7) is 0.154. The number of hydrogen-bond acceptors (Lipinski definition) is 7. The van der Waals surface area contributed by atoms with Gasteiger partial charge in [-0.2, -0.15) is 0 Å². The van der Waals surface area contributed by atoms with Crippen LogP contribution in [-0.4, -0.2) is 56.9 Å². The first-order valence-electron chi connectivity index (χ1n) is 10.3. The zero-order valence-corrected chi connectivity index (χ0v) is 18.0. The van der Waals surface area contributed by atoms with Crippen LogP contribution in [0, 0.1) is 11.8 Å². The van der Waals surface area contributed by atoms with Gasteiger partial charge in [-0.1, -0.05) is 17.9 Å². The summed E-state index contributed by atoms with van der Waals surface area (Å²) in [4.78, 5) is 51.8. The van der Waals surface area contributed by atoms with Gasteiger partial charge in [-0.3, -0.25) is 19.9 Å². The van der Waals surface area contributed by atoms with Crippen LogP contribution in [-0.2, 0) is 11.3 Å². The molecule has 2 N–H and O–H groups in total. The minimum atomic E-state index is -1.63. The van der Waals surface area contributed by atoms with Crippen LogP contribution < -0.4 is 15.4 Å². The fourth-order valence-electron chi connectivity index (χ4n) is 3.94. The van der Waals surface area contributed by atoms with Crippen LogP contribution in [0.5, 0.6) is 5.75 Å². The number of ether oxygens (including phenoxy) is 1. The number of urea groups is 1. The van der Waals surface area contributed by atoms with Crippen molar-refractivity contribution in [2.75, 3.05) is 13.7 Å². The number of benzene rings is 1. The van der Waals surface area contributed by atoms with Crippen LogP contribution in [0.4, 0.5) is 4.79 Å². The maximum Gasteiger partial charge on any atom is 0.323 e. The lowest BCUT2D eigenvalue weighted by atomic mass is 9.98. The molecule has 0 spiro atoms. The number of fused-ring (bicyclic) bond motifs is 1. The Kier molecular flexibility index (Phi) is 5.14. The molecule has 1 saturated heterocycles. The number of nitrogens with zero attached hydrogens (tertiary/aromatic N) is 4. The molecule has 1 aromatic carbocycles. The van der Waals surface area contributed by atoms with Gasteiger partial charge in [-0.15, -0.1) is 0 Å². The van der Waals surface area contributed by atoms with Crippen molar-refractivity contribution in [2.45, 2.75) is 12.1 Å². The summed E-state index contributed by atoms with van der Waals surface area (Å²) in [5.41, 5.74) is 1.38. The van der Waals surface area contributed by atoms with Gasteiger partial charge in [0.1, 0.15) is 12.1 Å². The minimum Gasteiger partial charge on any atom is -0.497 e. The SMILES string of the molecule is COc1ccc2c(c1)C(=O)N(C[C@@]1(C#Cc3cccnc3-c3cncnc3)NC(=O)NC1=O)C2. The van der Waals surface area contributed by atoms with E-state index in [0.717, 1.165) is 5.56 Å². The Morgan fingerprint density at radius 2 is 2.00 bits per heavy atom. The number of carbonyl (C=O) groups excluding carboxylic acids is 3. The van der Waals surface area contributed by atoms with Gasteiger partial charge in [-0.05, 0) is 29.8 Å². The molecule has 34 heavy (non-hydrogen) atoms. The molecular formula is C24H18N6O4. The largest absolute Gasteiger partial charge is 0.497 e.